The van der Waals surface area contributed by atoms with Gasteiger partial charge >= 0.3 is 0 Å². The summed E-state index contributed by atoms with van der Waals surface area (Å²) < 4.78 is 1.26. The molecule has 2 nitrogen and oxygen atoms in total. The summed E-state index contributed by atoms with van der Waals surface area (Å²) in [4.78, 5) is 0. The molecule has 3 rings (SSSR count). The Morgan fingerprint density at radius 2 is 2.26 bits per heavy atom. The summed E-state index contributed by atoms with van der Waals surface area (Å²) in [5.74, 6) is 0.755. The summed E-state index contributed by atoms with van der Waals surface area (Å²) in [6, 6.07) is 8.55. The Hall–Kier alpha value is -0.900. The second kappa shape index (κ2) is 5.61. The van der Waals surface area contributed by atoms with Crippen LogP contribution in [0.1, 0.15) is 37.9 Å². The molecule has 0 amide bonds. The number of benzene rings is 1. The van der Waals surface area contributed by atoms with Gasteiger partial charge in [-0.15, -0.1) is 11.3 Å². The Labute approximate surface area is 118 Å². The normalized spacial score (nSPS) is 25.6. The zero-order chi connectivity index (χ0) is 13.2. The standard InChI is InChI=1S/C16H21NOS/c1-2-11-7-8-17-14(9-11)16(18)13-10-19-15-6-4-3-5-12(13)15/h3-6,10-11,14,16-18H,2,7-9H2,1H3. The van der Waals surface area contributed by atoms with Crippen molar-refractivity contribution >= 4 is 21.4 Å². The molecule has 3 unspecified atom stereocenters. The number of aliphatic hydroxyl groups is 1. The van der Waals surface area contributed by atoms with E-state index in [4.69, 9.17) is 0 Å². The van der Waals surface area contributed by atoms with E-state index in [-0.39, 0.29) is 12.1 Å². The Balaban J connectivity index is 1.85. The average molecular weight is 275 g/mol. The molecule has 2 heterocycles. The predicted molar refractivity (Wildman–Crippen MR) is 81.6 cm³/mol. The molecule has 19 heavy (non-hydrogen) atoms. The smallest absolute Gasteiger partial charge is 0.0957 e. The molecule has 0 aliphatic carbocycles. The van der Waals surface area contributed by atoms with E-state index >= 15 is 0 Å². The maximum Gasteiger partial charge on any atom is 0.0957 e. The number of aliphatic hydroxyl groups excluding tert-OH is 1. The lowest BCUT2D eigenvalue weighted by Crippen LogP contribution is -2.42. The van der Waals surface area contributed by atoms with Crippen molar-refractivity contribution in [2.75, 3.05) is 6.54 Å². The van der Waals surface area contributed by atoms with Gasteiger partial charge in [-0.3, -0.25) is 0 Å². The number of thiophene rings is 1. The molecule has 3 heteroatoms. The molecule has 1 aromatic heterocycles. The van der Waals surface area contributed by atoms with Gasteiger partial charge in [-0.2, -0.15) is 0 Å². The van der Waals surface area contributed by atoms with Crippen molar-refractivity contribution in [1.82, 2.24) is 5.32 Å². The van der Waals surface area contributed by atoms with E-state index in [2.05, 4.69) is 41.9 Å². The highest BCUT2D eigenvalue weighted by molar-refractivity contribution is 7.17. The van der Waals surface area contributed by atoms with Crippen LogP contribution in [0.2, 0.25) is 0 Å². The Morgan fingerprint density at radius 1 is 1.42 bits per heavy atom. The largest absolute Gasteiger partial charge is 0.387 e. The molecule has 1 aliphatic rings. The fourth-order valence-corrected chi connectivity index (χ4v) is 4.08. The summed E-state index contributed by atoms with van der Waals surface area (Å²) in [7, 11) is 0. The van der Waals surface area contributed by atoms with Gasteiger partial charge in [0.15, 0.2) is 0 Å². The van der Waals surface area contributed by atoms with Gasteiger partial charge in [0.25, 0.3) is 0 Å². The first-order chi connectivity index (χ1) is 9.29. The van der Waals surface area contributed by atoms with Gasteiger partial charge in [-0.1, -0.05) is 31.5 Å². The average Bonchev–Trinajstić information content (AvgIpc) is 2.90. The van der Waals surface area contributed by atoms with Crippen LogP contribution in [0.5, 0.6) is 0 Å². The number of hydrogen-bond donors (Lipinski definition) is 2. The summed E-state index contributed by atoms with van der Waals surface area (Å²) in [6.45, 7) is 3.28. The zero-order valence-electron chi connectivity index (χ0n) is 11.3. The number of rotatable bonds is 3. The van der Waals surface area contributed by atoms with Crippen molar-refractivity contribution in [1.29, 1.82) is 0 Å². The minimum absolute atomic E-state index is 0.205. The number of nitrogens with one attached hydrogen (secondary N) is 1. The highest BCUT2D eigenvalue weighted by atomic mass is 32.1. The molecule has 2 N–H and O–H groups in total. The Kier molecular flexibility index (Phi) is 3.87. The zero-order valence-corrected chi connectivity index (χ0v) is 12.1. The Bertz CT molecular complexity index is 550. The third-order valence-corrected chi connectivity index (χ3v) is 5.32. The van der Waals surface area contributed by atoms with Gasteiger partial charge in [-0.05, 0) is 42.1 Å². The van der Waals surface area contributed by atoms with Crippen LogP contribution in [-0.4, -0.2) is 17.7 Å². The summed E-state index contributed by atoms with van der Waals surface area (Å²) in [5.41, 5.74) is 1.09. The third kappa shape index (κ3) is 2.55. The molecule has 1 saturated heterocycles. The molecule has 0 saturated carbocycles. The maximum atomic E-state index is 10.7. The Morgan fingerprint density at radius 3 is 3.11 bits per heavy atom. The van der Waals surface area contributed by atoms with Crippen LogP contribution < -0.4 is 5.32 Å². The lowest BCUT2D eigenvalue weighted by molar-refractivity contribution is 0.0993. The van der Waals surface area contributed by atoms with E-state index in [0.717, 1.165) is 24.4 Å². The maximum absolute atomic E-state index is 10.7. The van der Waals surface area contributed by atoms with Gasteiger partial charge in [0.1, 0.15) is 0 Å². The van der Waals surface area contributed by atoms with Crippen molar-refractivity contribution in [2.24, 2.45) is 5.92 Å². The van der Waals surface area contributed by atoms with Crippen molar-refractivity contribution in [3.8, 4) is 0 Å². The van der Waals surface area contributed by atoms with E-state index in [1.807, 2.05) is 0 Å². The first-order valence-corrected chi connectivity index (χ1v) is 8.05. The van der Waals surface area contributed by atoms with Crippen LogP contribution in [0.4, 0.5) is 0 Å². The summed E-state index contributed by atoms with van der Waals surface area (Å²) in [6.07, 6.45) is 3.16. The van der Waals surface area contributed by atoms with Crippen LogP contribution >= 0.6 is 11.3 Å². The minimum Gasteiger partial charge on any atom is -0.387 e. The van der Waals surface area contributed by atoms with Crippen LogP contribution in [0.3, 0.4) is 0 Å². The summed E-state index contributed by atoms with van der Waals surface area (Å²) in [5, 5.41) is 17.5. The quantitative estimate of drug-likeness (QED) is 0.895. The van der Waals surface area contributed by atoms with E-state index in [9.17, 15) is 5.11 Å². The predicted octanol–water partition coefficient (Wildman–Crippen LogP) is 3.71. The highest BCUT2D eigenvalue weighted by Crippen LogP contribution is 2.34. The number of fused-ring (bicyclic) bond motifs is 1. The van der Waals surface area contributed by atoms with Crippen LogP contribution in [0.25, 0.3) is 10.1 Å². The van der Waals surface area contributed by atoms with Gasteiger partial charge in [-0.25, -0.2) is 0 Å². The molecule has 0 bridgehead atoms. The van der Waals surface area contributed by atoms with E-state index in [1.165, 1.54) is 22.9 Å². The molecule has 0 spiro atoms. The lowest BCUT2D eigenvalue weighted by Gasteiger charge is -2.33. The van der Waals surface area contributed by atoms with Crippen LogP contribution in [0, 0.1) is 5.92 Å². The van der Waals surface area contributed by atoms with Crippen molar-refractivity contribution in [3.05, 3.63) is 35.2 Å². The molecular formula is C16H21NOS. The number of hydrogen-bond acceptors (Lipinski definition) is 3. The second-order valence-electron chi connectivity index (χ2n) is 5.49. The fraction of sp³-hybridized carbons (Fsp3) is 0.500. The molecular weight excluding hydrogens is 254 g/mol. The molecule has 1 fully saturated rings. The third-order valence-electron chi connectivity index (χ3n) is 4.33. The van der Waals surface area contributed by atoms with Crippen molar-refractivity contribution in [3.63, 3.8) is 0 Å². The number of piperidine rings is 1. The van der Waals surface area contributed by atoms with Gasteiger partial charge in [0, 0.05) is 16.3 Å². The molecule has 1 aromatic carbocycles. The summed E-state index contributed by atoms with van der Waals surface area (Å²) >= 11 is 1.73. The van der Waals surface area contributed by atoms with Gasteiger partial charge in [0.2, 0.25) is 0 Å². The molecule has 1 aliphatic heterocycles. The van der Waals surface area contributed by atoms with Gasteiger partial charge in [0.05, 0.1) is 6.10 Å². The first kappa shape index (κ1) is 13.1. The van der Waals surface area contributed by atoms with E-state index < -0.39 is 0 Å². The minimum atomic E-state index is -0.384. The van der Waals surface area contributed by atoms with Crippen LogP contribution in [-0.2, 0) is 0 Å². The van der Waals surface area contributed by atoms with Crippen molar-refractivity contribution < 1.29 is 5.11 Å². The molecule has 2 aromatic rings. The lowest BCUT2D eigenvalue weighted by atomic mass is 9.86. The SMILES string of the molecule is CCC1CCNC(C(O)c2csc3ccccc23)C1. The van der Waals surface area contributed by atoms with E-state index in [1.54, 1.807) is 11.3 Å². The highest BCUT2D eigenvalue weighted by Gasteiger charge is 2.28. The molecule has 0 radical (unpaired) electrons. The first-order valence-electron chi connectivity index (χ1n) is 7.17. The molecule has 3 atom stereocenters. The topological polar surface area (TPSA) is 32.3 Å². The molecule has 102 valence electrons. The van der Waals surface area contributed by atoms with Gasteiger partial charge < -0.3 is 10.4 Å². The fourth-order valence-electron chi connectivity index (χ4n) is 3.09. The monoisotopic (exact) mass is 275 g/mol. The van der Waals surface area contributed by atoms with Crippen LogP contribution in [0.15, 0.2) is 29.6 Å². The van der Waals surface area contributed by atoms with Crippen molar-refractivity contribution in [2.45, 2.75) is 38.3 Å². The van der Waals surface area contributed by atoms with E-state index in [0.29, 0.717) is 0 Å². The second-order valence-corrected chi connectivity index (χ2v) is 6.40.